The fourth-order valence-electron chi connectivity index (χ4n) is 3.92. The molecule has 1 heterocycles. The Labute approximate surface area is 235 Å². The van der Waals surface area contributed by atoms with Gasteiger partial charge in [0, 0.05) is 16.7 Å². The van der Waals surface area contributed by atoms with E-state index >= 15 is 0 Å². The number of cyclic esters (lactones) is 1. The van der Waals surface area contributed by atoms with E-state index in [4.69, 9.17) is 8.92 Å². The van der Waals surface area contributed by atoms with E-state index < -0.39 is 79.3 Å². The monoisotopic (exact) mass is 620 g/mol. The molecule has 0 N–H and O–H groups in total. The van der Waals surface area contributed by atoms with E-state index in [2.05, 4.69) is 8.92 Å². The molecule has 10 nitrogen and oxygen atoms in total. The van der Waals surface area contributed by atoms with E-state index in [-0.39, 0.29) is 22.4 Å². The number of fused-ring (bicyclic) bond motifs is 1. The summed E-state index contributed by atoms with van der Waals surface area (Å²) in [6, 6.07) is 5.40. The number of ether oxygens (including phenoxy) is 2. The lowest BCUT2D eigenvalue weighted by Gasteiger charge is -2.21. The number of rotatable bonds is 10. The second kappa shape index (κ2) is 11.7. The molecule has 3 rings (SSSR count). The van der Waals surface area contributed by atoms with Crippen LogP contribution in [0, 0.1) is 19.8 Å². The predicted molar refractivity (Wildman–Crippen MR) is 138 cm³/mol. The minimum Gasteiger partial charge on any atom is -0.469 e. The summed E-state index contributed by atoms with van der Waals surface area (Å²) >= 11 is 0. The zero-order valence-corrected chi connectivity index (χ0v) is 24.3. The number of halogens is 3. The normalized spacial score (nSPS) is 14.7. The van der Waals surface area contributed by atoms with E-state index in [1.54, 1.807) is 20.8 Å². The third-order valence-corrected chi connectivity index (χ3v) is 8.70. The van der Waals surface area contributed by atoms with Gasteiger partial charge in [-0.3, -0.25) is 4.79 Å². The Bertz CT molecular complexity index is 1610. The molecule has 1 atom stereocenters. The first-order valence-corrected chi connectivity index (χ1v) is 14.8. The van der Waals surface area contributed by atoms with E-state index in [1.807, 2.05) is 0 Å². The molecule has 0 fully saturated rings. The van der Waals surface area contributed by atoms with Crippen LogP contribution >= 0.6 is 0 Å². The maximum Gasteiger partial charge on any atom is 0.534 e. The number of aryl methyl sites for hydroxylation is 1. The van der Waals surface area contributed by atoms with Crippen LogP contribution in [0.3, 0.4) is 0 Å². The SMILES string of the molecule is COC(=O)CC(C)/C(C)=C/Cc1c(OS(=O)(=O)C(F)(F)F)c(C)c2c(c1OS(=O)(=O)c1ccc(C)cc1)C(=O)OC2. The van der Waals surface area contributed by atoms with E-state index in [1.165, 1.54) is 44.4 Å². The first-order chi connectivity index (χ1) is 18.9. The van der Waals surface area contributed by atoms with Crippen molar-refractivity contribution in [2.24, 2.45) is 5.92 Å². The number of carbonyl (C=O) groups excluding carboxylic acids is 2. The highest BCUT2D eigenvalue weighted by atomic mass is 32.2. The van der Waals surface area contributed by atoms with Crippen LogP contribution in [0.1, 0.15) is 52.9 Å². The van der Waals surface area contributed by atoms with Crippen LogP contribution in [0.15, 0.2) is 40.8 Å². The van der Waals surface area contributed by atoms with Gasteiger partial charge in [0.15, 0.2) is 11.5 Å². The molecule has 15 heteroatoms. The Hall–Kier alpha value is -3.59. The van der Waals surface area contributed by atoms with Gasteiger partial charge in [-0.25, -0.2) is 4.79 Å². The number of hydrogen-bond donors (Lipinski definition) is 0. The van der Waals surface area contributed by atoms with Gasteiger partial charge in [-0.15, -0.1) is 0 Å². The zero-order chi connectivity index (χ0) is 30.9. The standard InChI is InChI=1S/C26H27F3O10S2/c1-14-6-9-18(10-7-14)40(32,33)38-24-19(11-8-15(2)16(3)12-21(30)36-5)23(39-41(34,35)26(27,28)29)17(4)20-13-37-25(31)22(20)24/h6-10,16H,11-13H2,1-5H3/b15-8+. The van der Waals surface area contributed by atoms with Crippen molar-refractivity contribution in [1.82, 2.24) is 0 Å². The first-order valence-electron chi connectivity index (χ1n) is 12.0. The lowest BCUT2D eigenvalue weighted by atomic mass is 9.93. The highest BCUT2D eigenvalue weighted by Gasteiger charge is 2.49. The van der Waals surface area contributed by atoms with Crippen LogP contribution in [0.2, 0.25) is 0 Å². The fraction of sp³-hybridized carbons (Fsp3) is 0.385. The van der Waals surface area contributed by atoms with Gasteiger partial charge in [0.05, 0.1) is 13.5 Å². The van der Waals surface area contributed by atoms with Crippen LogP contribution in [0.5, 0.6) is 11.5 Å². The molecular formula is C26H27F3O10S2. The molecule has 0 amide bonds. The van der Waals surface area contributed by atoms with E-state index in [0.717, 1.165) is 5.56 Å². The number of hydrogen-bond acceptors (Lipinski definition) is 10. The molecule has 2 aromatic rings. The first kappa shape index (κ1) is 31.9. The zero-order valence-electron chi connectivity index (χ0n) is 22.6. The maximum atomic E-state index is 13.3. The number of allylic oxidation sites excluding steroid dienone is 2. The molecule has 0 saturated carbocycles. The lowest BCUT2D eigenvalue weighted by Crippen LogP contribution is -2.29. The smallest absolute Gasteiger partial charge is 0.469 e. The van der Waals surface area contributed by atoms with E-state index in [0.29, 0.717) is 5.57 Å². The quantitative estimate of drug-likeness (QED) is 0.160. The maximum absolute atomic E-state index is 13.3. The summed E-state index contributed by atoms with van der Waals surface area (Å²) in [5, 5.41) is 0. The average Bonchev–Trinajstić information content (AvgIpc) is 3.26. The Morgan fingerprint density at radius 1 is 1.07 bits per heavy atom. The molecule has 1 unspecified atom stereocenters. The van der Waals surface area contributed by atoms with Crippen LogP contribution in [0.4, 0.5) is 13.2 Å². The number of alkyl halides is 3. The molecule has 1 aliphatic heterocycles. The predicted octanol–water partition coefficient (Wildman–Crippen LogP) is 4.66. The summed E-state index contributed by atoms with van der Waals surface area (Å²) in [6.45, 7) is 5.69. The summed E-state index contributed by atoms with van der Waals surface area (Å²) in [5.41, 5.74) is -5.72. The summed E-state index contributed by atoms with van der Waals surface area (Å²) in [7, 11) is -9.72. The number of esters is 2. The van der Waals surface area contributed by atoms with Crippen molar-refractivity contribution in [3.05, 3.63) is 63.7 Å². The molecule has 2 aromatic carbocycles. The third kappa shape index (κ3) is 6.84. The molecule has 1 aliphatic rings. The van der Waals surface area contributed by atoms with Gasteiger partial charge in [0.1, 0.15) is 17.1 Å². The van der Waals surface area contributed by atoms with Gasteiger partial charge in [-0.2, -0.15) is 30.0 Å². The summed E-state index contributed by atoms with van der Waals surface area (Å²) < 4.78 is 110. The second-order valence-electron chi connectivity index (χ2n) is 9.36. The van der Waals surface area contributed by atoms with Crippen molar-refractivity contribution >= 4 is 32.2 Å². The largest absolute Gasteiger partial charge is 0.534 e. The van der Waals surface area contributed by atoms with Crippen molar-refractivity contribution in [2.75, 3.05) is 7.11 Å². The molecule has 0 aromatic heterocycles. The van der Waals surface area contributed by atoms with Gasteiger partial charge >= 0.3 is 37.7 Å². The van der Waals surface area contributed by atoms with Crippen molar-refractivity contribution in [1.29, 1.82) is 0 Å². The van der Waals surface area contributed by atoms with Gasteiger partial charge < -0.3 is 17.8 Å². The summed E-state index contributed by atoms with van der Waals surface area (Å²) in [4.78, 5) is 24.1. The molecule has 0 saturated heterocycles. The molecule has 0 spiro atoms. The molecule has 0 bridgehead atoms. The third-order valence-electron chi connectivity index (χ3n) is 6.51. The highest BCUT2D eigenvalue weighted by molar-refractivity contribution is 7.88. The Kier molecular flexibility index (Phi) is 9.13. The molecular weight excluding hydrogens is 593 g/mol. The van der Waals surface area contributed by atoms with Gasteiger partial charge in [0.25, 0.3) is 0 Å². The highest BCUT2D eigenvalue weighted by Crippen LogP contribution is 2.45. The fourth-order valence-corrected chi connectivity index (χ4v) is 5.43. The number of benzene rings is 2. The van der Waals surface area contributed by atoms with Crippen LogP contribution < -0.4 is 8.37 Å². The van der Waals surface area contributed by atoms with Gasteiger partial charge in [-0.1, -0.05) is 36.3 Å². The van der Waals surface area contributed by atoms with Crippen LogP contribution in [-0.4, -0.2) is 41.4 Å². The molecule has 0 radical (unpaired) electrons. The summed E-state index contributed by atoms with van der Waals surface area (Å²) in [6.07, 6.45) is 0.930. The van der Waals surface area contributed by atoms with E-state index in [9.17, 15) is 39.6 Å². The van der Waals surface area contributed by atoms with Crippen LogP contribution in [-0.2, 0) is 47.5 Å². The van der Waals surface area contributed by atoms with Crippen molar-refractivity contribution in [3.8, 4) is 11.5 Å². The van der Waals surface area contributed by atoms with Crippen molar-refractivity contribution in [2.45, 2.75) is 57.5 Å². The van der Waals surface area contributed by atoms with Gasteiger partial charge in [-0.05, 0) is 45.2 Å². The minimum absolute atomic E-state index is 0.0503. The number of carbonyl (C=O) groups is 2. The average molecular weight is 621 g/mol. The molecule has 0 aliphatic carbocycles. The Morgan fingerprint density at radius 2 is 1.68 bits per heavy atom. The molecule has 224 valence electrons. The Morgan fingerprint density at radius 3 is 2.24 bits per heavy atom. The second-order valence-corrected chi connectivity index (χ2v) is 12.4. The number of methoxy groups -OCH3 is 1. The topological polar surface area (TPSA) is 139 Å². The van der Waals surface area contributed by atoms with Crippen molar-refractivity contribution < 1.29 is 57.4 Å². The van der Waals surface area contributed by atoms with Gasteiger partial charge in [0.2, 0.25) is 0 Å². The Balaban J connectivity index is 2.28. The van der Waals surface area contributed by atoms with Crippen molar-refractivity contribution in [3.63, 3.8) is 0 Å². The summed E-state index contributed by atoms with van der Waals surface area (Å²) in [5.74, 6) is -3.57. The van der Waals surface area contributed by atoms with Crippen LogP contribution in [0.25, 0.3) is 0 Å². The molecule has 41 heavy (non-hydrogen) atoms. The minimum atomic E-state index is -6.23. The lowest BCUT2D eigenvalue weighted by molar-refractivity contribution is -0.141.